The highest BCUT2D eigenvalue weighted by Gasteiger charge is 2.22. The fourth-order valence-electron chi connectivity index (χ4n) is 3.54. The molecule has 2 saturated heterocycles. The van der Waals surface area contributed by atoms with E-state index in [2.05, 4.69) is 41.2 Å². The first kappa shape index (κ1) is 22.9. The first-order valence-electron chi connectivity index (χ1n) is 9.79. The normalized spacial score (nSPS) is 24.0. The Kier molecular flexibility index (Phi) is 12.0. The lowest BCUT2D eigenvalue weighted by Crippen LogP contribution is -2.45. The maximum Gasteiger partial charge on any atom is 0.191 e. The van der Waals surface area contributed by atoms with E-state index in [-0.39, 0.29) is 24.0 Å². The molecular formula is C18H38IN5O. The van der Waals surface area contributed by atoms with Crippen molar-refractivity contribution in [1.29, 1.82) is 0 Å². The van der Waals surface area contributed by atoms with Gasteiger partial charge in [-0.3, -0.25) is 9.89 Å². The third-order valence-electron chi connectivity index (χ3n) is 4.99. The van der Waals surface area contributed by atoms with Gasteiger partial charge in [-0.25, -0.2) is 0 Å². The number of ether oxygens (including phenoxy) is 1. The molecule has 2 aliphatic heterocycles. The molecule has 0 amide bonds. The highest BCUT2D eigenvalue weighted by molar-refractivity contribution is 14.0. The Morgan fingerprint density at radius 3 is 2.64 bits per heavy atom. The summed E-state index contributed by atoms with van der Waals surface area (Å²) in [5, 5.41) is 6.94. The van der Waals surface area contributed by atoms with Crippen molar-refractivity contribution in [3.63, 3.8) is 0 Å². The van der Waals surface area contributed by atoms with Gasteiger partial charge >= 0.3 is 0 Å². The van der Waals surface area contributed by atoms with Crippen molar-refractivity contribution in [3.8, 4) is 0 Å². The number of guanidine groups is 1. The fraction of sp³-hybridized carbons (Fsp3) is 0.944. The van der Waals surface area contributed by atoms with Gasteiger partial charge in [-0.2, -0.15) is 0 Å². The average molecular weight is 467 g/mol. The minimum absolute atomic E-state index is 0. The van der Waals surface area contributed by atoms with E-state index in [0.717, 1.165) is 57.8 Å². The van der Waals surface area contributed by atoms with Crippen LogP contribution in [0, 0.1) is 5.92 Å². The zero-order valence-corrected chi connectivity index (χ0v) is 18.6. The number of aliphatic imine (C=N–C) groups is 1. The number of likely N-dealkylation sites (tertiary alicyclic amines) is 1. The monoisotopic (exact) mass is 467 g/mol. The van der Waals surface area contributed by atoms with E-state index < -0.39 is 0 Å². The van der Waals surface area contributed by atoms with Crippen LogP contribution in [0.4, 0.5) is 0 Å². The largest absolute Gasteiger partial charge is 0.379 e. The highest BCUT2D eigenvalue weighted by atomic mass is 127. The summed E-state index contributed by atoms with van der Waals surface area (Å²) in [5.74, 6) is 1.71. The van der Waals surface area contributed by atoms with Crippen LogP contribution in [-0.2, 0) is 4.74 Å². The van der Waals surface area contributed by atoms with Crippen molar-refractivity contribution in [2.24, 2.45) is 10.9 Å². The van der Waals surface area contributed by atoms with E-state index in [1.54, 1.807) is 0 Å². The van der Waals surface area contributed by atoms with Gasteiger partial charge in [0.2, 0.25) is 0 Å². The molecule has 6 nitrogen and oxygen atoms in total. The Labute approximate surface area is 171 Å². The van der Waals surface area contributed by atoms with E-state index in [9.17, 15) is 0 Å². The molecule has 2 unspecified atom stereocenters. The van der Waals surface area contributed by atoms with Crippen molar-refractivity contribution in [2.45, 2.75) is 39.7 Å². The summed E-state index contributed by atoms with van der Waals surface area (Å²) in [6.07, 6.45) is 2.56. The SMILES string of the molecule is CCCN1CCC(CNC(=NCC(C)N2CCOCC2)NCC)C1.I. The highest BCUT2D eigenvalue weighted by Crippen LogP contribution is 2.15. The van der Waals surface area contributed by atoms with Crippen LogP contribution >= 0.6 is 24.0 Å². The Hall–Kier alpha value is -0.120. The van der Waals surface area contributed by atoms with Gasteiger partial charge in [0.15, 0.2) is 5.96 Å². The third kappa shape index (κ3) is 8.41. The topological polar surface area (TPSA) is 52.1 Å². The summed E-state index contributed by atoms with van der Waals surface area (Å²) < 4.78 is 5.43. The molecule has 2 aliphatic rings. The van der Waals surface area contributed by atoms with Crippen LogP contribution in [0.2, 0.25) is 0 Å². The van der Waals surface area contributed by atoms with Gasteiger partial charge < -0.3 is 20.3 Å². The number of hydrogen-bond donors (Lipinski definition) is 2. The summed E-state index contributed by atoms with van der Waals surface area (Å²) >= 11 is 0. The summed E-state index contributed by atoms with van der Waals surface area (Å²) in [5.41, 5.74) is 0. The predicted molar refractivity (Wildman–Crippen MR) is 116 cm³/mol. The molecule has 25 heavy (non-hydrogen) atoms. The smallest absolute Gasteiger partial charge is 0.191 e. The number of hydrogen-bond acceptors (Lipinski definition) is 4. The van der Waals surface area contributed by atoms with Crippen LogP contribution in [0.3, 0.4) is 0 Å². The van der Waals surface area contributed by atoms with E-state index in [4.69, 9.17) is 9.73 Å². The van der Waals surface area contributed by atoms with Gasteiger partial charge in [-0.05, 0) is 45.7 Å². The molecule has 0 aliphatic carbocycles. The van der Waals surface area contributed by atoms with Crippen molar-refractivity contribution in [3.05, 3.63) is 0 Å². The lowest BCUT2D eigenvalue weighted by Gasteiger charge is -2.31. The van der Waals surface area contributed by atoms with Crippen molar-refractivity contribution in [1.82, 2.24) is 20.4 Å². The minimum atomic E-state index is 0. The zero-order chi connectivity index (χ0) is 17.2. The molecule has 2 atom stereocenters. The number of nitrogens with one attached hydrogen (secondary N) is 2. The molecule has 2 N–H and O–H groups in total. The van der Waals surface area contributed by atoms with Crippen LogP contribution in [0.5, 0.6) is 0 Å². The Morgan fingerprint density at radius 1 is 1.20 bits per heavy atom. The fourth-order valence-corrected chi connectivity index (χ4v) is 3.54. The van der Waals surface area contributed by atoms with Gasteiger partial charge in [0.05, 0.1) is 19.8 Å². The minimum Gasteiger partial charge on any atom is -0.379 e. The molecular weight excluding hydrogens is 429 g/mol. The summed E-state index contributed by atoms with van der Waals surface area (Å²) in [6, 6.07) is 0.468. The number of rotatable bonds is 8. The lowest BCUT2D eigenvalue weighted by atomic mass is 10.1. The zero-order valence-electron chi connectivity index (χ0n) is 16.3. The van der Waals surface area contributed by atoms with Crippen LogP contribution < -0.4 is 10.6 Å². The van der Waals surface area contributed by atoms with Gasteiger partial charge in [-0.1, -0.05) is 6.92 Å². The standard InChI is InChI=1S/C18H37N5O.HI/c1-4-7-22-8-6-17(15-22)14-21-18(19-5-2)20-13-16(3)23-9-11-24-12-10-23;/h16-17H,4-15H2,1-3H3,(H2,19,20,21);1H. The Balaban J connectivity index is 0.00000312. The second-order valence-corrected chi connectivity index (χ2v) is 7.05. The lowest BCUT2D eigenvalue weighted by molar-refractivity contribution is 0.0220. The maximum atomic E-state index is 5.43. The molecule has 0 spiro atoms. The molecule has 0 radical (unpaired) electrons. The molecule has 0 aromatic heterocycles. The summed E-state index contributed by atoms with van der Waals surface area (Å²) in [6.45, 7) is 16.9. The average Bonchev–Trinajstić information content (AvgIpc) is 3.06. The Bertz CT molecular complexity index is 376. The third-order valence-corrected chi connectivity index (χ3v) is 4.99. The summed E-state index contributed by atoms with van der Waals surface area (Å²) in [4.78, 5) is 9.85. The van der Waals surface area contributed by atoms with Crippen LogP contribution in [-0.4, -0.2) is 87.4 Å². The Morgan fingerprint density at radius 2 is 1.96 bits per heavy atom. The molecule has 2 heterocycles. The second kappa shape index (κ2) is 13.1. The molecule has 0 aromatic carbocycles. The van der Waals surface area contributed by atoms with Crippen LogP contribution in [0.1, 0.15) is 33.6 Å². The summed E-state index contributed by atoms with van der Waals surface area (Å²) in [7, 11) is 0. The molecule has 148 valence electrons. The van der Waals surface area contributed by atoms with Crippen molar-refractivity contribution < 1.29 is 4.74 Å². The maximum absolute atomic E-state index is 5.43. The number of morpholine rings is 1. The van der Waals surface area contributed by atoms with Gasteiger partial charge in [0, 0.05) is 38.8 Å². The van der Waals surface area contributed by atoms with Crippen LogP contribution in [0.25, 0.3) is 0 Å². The van der Waals surface area contributed by atoms with Crippen LogP contribution in [0.15, 0.2) is 4.99 Å². The van der Waals surface area contributed by atoms with E-state index >= 15 is 0 Å². The molecule has 0 bridgehead atoms. The van der Waals surface area contributed by atoms with Gasteiger partial charge in [0.25, 0.3) is 0 Å². The van der Waals surface area contributed by atoms with Crippen molar-refractivity contribution >= 4 is 29.9 Å². The predicted octanol–water partition coefficient (Wildman–Crippen LogP) is 1.61. The molecule has 7 heteroatoms. The number of halogens is 1. The molecule has 0 aromatic rings. The van der Waals surface area contributed by atoms with E-state index in [1.165, 1.54) is 32.5 Å². The quantitative estimate of drug-likeness (QED) is 0.323. The second-order valence-electron chi connectivity index (χ2n) is 7.05. The molecule has 2 rings (SSSR count). The molecule has 2 fully saturated rings. The first-order valence-corrected chi connectivity index (χ1v) is 9.79. The number of nitrogens with zero attached hydrogens (tertiary/aromatic N) is 3. The van der Waals surface area contributed by atoms with E-state index in [1.807, 2.05) is 0 Å². The van der Waals surface area contributed by atoms with Crippen molar-refractivity contribution in [2.75, 3.05) is 65.6 Å². The molecule has 0 saturated carbocycles. The van der Waals surface area contributed by atoms with E-state index in [0.29, 0.717) is 6.04 Å². The van der Waals surface area contributed by atoms with Gasteiger partial charge in [0.1, 0.15) is 0 Å². The van der Waals surface area contributed by atoms with Gasteiger partial charge in [-0.15, -0.1) is 24.0 Å². The first-order chi connectivity index (χ1) is 11.7.